The minimum absolute atomic E-state index is 0.124. The van der Waals surface area contributed by atoms with Gasteiger partial charge in [-0.1, -0.05) is 42.0 Å². The number of nitriles is 1. The van der Waals surface area contributed by atoms with Gasteiger partial charge in [0.25, 0.3) is 0 Å². The molecule has 0 amide bonds. The number of allylic oxidation sites excluding steroid dienone is 2. The molecule has 0 radical (unpaired) electrons. The summed E-state index contributed by atoms with van der Waals surface area (Å²) < 4.78 is 0. The molecule has 1 nitrogen and oxygen atoms in total. The molecule has 0 spiro atoms. The second kappa shape index (κ2) is 4.61. The highest BCUT2D eigenvalue weighted by Crippen LogP contribution is 2.56. The molecule has 1 heteroatoms. The van der Waals surface area contributed by atoms with Gasteiger partial charge in [-0.05, 0) is 50.0 Å². The van der Waals surface area contributed by atoms with Crippen molar-refractivity contribution in [2.24, 2.45) is 5.41 Å². The summed E-state index contributed by atoms with van der Waals surface area (Å²) in [6.07, 6.45) is 9.29. The molecule has 1 fully saturated rings. The maximum atomic E-state index is 9.56. The lowest BCUT2D eigenvalue weighted by molar-refractivity contribution is 0.211. The minimum atomic E-state index is -0.124. The lowest BCUT2D eigenvalue weighted by Gasteiger charge is -2.45. The van der Waals surface area contributed by atoms with Crippen LogP contribution in [0.4, 0.5) is 0 Å². The molecule has 92 valence electrons. The molecule has 0 bridgehead atoms. The molecule has 0 aromatic heterocycles. The standard InChI is InChI=1S/C17H19N/c18-13-17(16-9-5-2-6-10-16)11-15(12-17)14-7-3-1-4-8-14/h1,3-4,7-9,15H,2,5-6,10-12H2. The third-order valence-corrected chi connectivity index (χ3v) is 4.58. The van der Waals surface area contributed by atoms with E-state index in [4.69, 9.17) is 0 Å². The first-order valence-electron chi connectivity index (χ1n) is 7.00. The van der Waals surface area contributed by atoms with Gasteiger partial charge in [0.05, 0.1) is 11.5 Å². The van der Waals surface area contributed by atoms with Crippen molar-refractivity contribution in [3.63, 3.8) is 0 Å². The van der Waals surface area contributed by atoms with Gasteiger partial charge in [-0.25, -0.2) is 0 Å². The molecule has 1 saturated carbocycles. The Bertz CT molecular complexity index is 486. The molecule has 2 aliphatic carbocycles. The van der Waals surface area contributed by atoms with E-state index in [0.717, 1.165) is 19.3 Å². The zero-order valence-electron chi connectivity index (χ0n) is 10.7. The van der Waals surface area contributed by atoms with Crippen LogP contribution in [0.2, 0.25) is 0 Å². The molecular formula is C17H19N. The number of benzene rings is 1. The highest BCUT2D eigenvalue weighted by atomic mass is 14.5. The Labute approximate surface area is 109 Å². The first-order valence-corrected chi connectivity index (χ1v) is 7.00. The predicted octanol–water partition coefficient (Wildman–Crippen LogP) is 4.57. The maximum absolute atomic E-state index is 9.56. The number of hydrogen-bond donors (Lipinski definition) is 0. The Hall–Kier alpha value is -1.55. The van der Waals surface area contributed by atoms with E-state index in [1.165, 1.54) is 30.4 Å². The first-order chi connectivity index (χ1) is 8.84. The molecule has 2 aliphatic rings. The Morgan fingerprint density at radius 3 is 2.50 bits per heavy atom. The molecule has 0 heterocycles. The molecule has 3 rings (SSSR count). The van der Waals surface area contributed by atoms with Gasteiger partial charge in [0, 0.05) is 0 Å². The van der Waals surface area contributed by atoms with Crippen LogP contribution >= 0.6 is 0 Å². The monoisotopic (exact) mass is 237 g/mol. The van der Waals surface area contributed by atoms with Crippen molar-refractivity contribution in [2.45, 2.75) is 44.4 Å². The summed E-state index contributed by atoms with van der Waals surface area (Å²) in [6, 6.07) is 13.3. The van der Waals surface area contributed by atoms with Gasteiger partial charge >= 0.3 is 0 Å². The van der Waals surface area contributed by atoms with E-state index in [1.54, 1.807) is 0 Å². The summed E-state index contributed by atoms with van der Waals surface area (Å²) in [5.74, 6) is 0.591. The number of rotatable bonds is 2. The van der Waals surface area contributed by atoms with E-state index >= 15 is 0 Å². The summed E-state index contributed by atoms with van der Waals surface area (Å²) >= 11 is 0. The highest BCUT2D eigenvalue weighted by Gasteiger charge is 2.47. The van der Waals surface area contributed by atoms with Crippen LogP contribution < -0.4 is 0 Å². The van der Waals surface area contributed by atoms with Crippen molar-refractivity contribution >= 4 is 0 Å². The van der Waals surface area contributed by atoms with Crippen molar-refractivity contribution < 1.29 is 0 Å². The van der Waals surface area contributed by atoms with Crippen LogP contribution in [0, 0.1) is 16.7 Å². The Morgan fingerprint density at radius 1 is 1.11 bits per heavy atom. The van der Waals surface area contributed by atoms with E-state index in [1.807, 2.05) is 0 Å². The molecule has 18 heavy (non-hydrogen) atoms. The molecular weight excluding hydrogens is 218 g/mol. The van der Waals surface area contributed by atoms with E-state index in [2.05, 4.69) is 42.5 Å². The quantitative estimate of drug-likeness (QED) is 0.691. The molecule has 0 N–H and O–H groups in total. The summed E-state index contributed by atoms with van der Waals surface area (Å²) in [7, 11) is 0. The van der Waals surface area contributed by atoms with Gasteiger partial charge < -0.3 is 0 Å². The SMILES string of the molecule is N#CC1(C2=CCCCC2)CC(c2ccccc2)C1. The average molecular weight is 237 g/mol. The minimum Gasteiger partial charge on any atom is -0.197 e. The van der Waals surface area contributed by atoms with Crippen molar-refractivity contribution in [3.8, 4) is 6.07 Å². The summed E-state index contributed by atoms with van der Waals surface area (Å²) in [6.45, 7) is 0. The van der Waals surface area contributed by atoms with Gasteiger partial charge in [0.2, 0.25) is 0 Å². The smallest absolute Gasteiger partial charge is 0.0794 e. The fraction of sp³-hybridized carbons (Fsp3) is 0.471. The van der Waals surface area contributed by atoms with Crippen molar-refractivity contribution in [1.29, 1.82) is 5.26 Å². The molecule has 1 aromatic carbocycles. The van der Waals surface area contributed by atoms with Crippen LogP contribution in [-0.2, 0) is 0 Å². The molecule has 0 aliphatic heterocycles. The Morgan fingerprint density at radius 2 is 1.89 bits per heavy atom. The van der Waals surface area contributed by atoms with Crippen LogP contribution in [0.5, 0.6) is 0 Å². The number of nitrogens with zero attached hydrogens (tertiary/aromatic N) is 1. The van der Waals surface area contributed by atoms with E-state index in [0.29, 0.717) is 5.92 Å². The van der Waals surface area contributed by atoms with Gasteiger partial charge in [-0.15, -0.1) is 0 Å². The lowest BCUT2D eigenvalue weighted by atomic mass is 9.56. The molecule has 0 saturated heterocycles. The second-order valence-electron chi connectivity index (χ2n) is 5.68. The largest absolute Gasteiger partial charge is 0.197 e. The summed E-state index contributed by atoms with van der Waals surface area (Å²) in [4.78, 5) is 0. The van der Waals surface area contributed by atoms with Gasteiger partial charge in [0.1, 0.15) is 0 Å². The van der Waals surface area contributed by atoms with E-state index < -0.39 is 0 Å². The fourth-order valence-corrected chi connectivity index (χ4v) is 3.44. The third-order valence-electron chi connectivity index (χ3n) is 4.58. The molecule has 0 atom stereocenters. The molecule has 1 aromatic rings. The van der Waals surface area contributed by atoms with Crippen LogP contribution in [0.3, 0.4) is 0 Å². The van der Waals surface area contributed by atoms with Crippen molar-refractivity contribution in [2.75, 3.05) is 0 Å². The zero-order valence-corrected chi connectivity index (χ0v) is 10.7. The van der Waals surface area contributed by atoms with E-state index in [-0.39, 0.29) is 5.41 Å². The van der Waals surface area contributed by atoms with E-state index in [9.17, 15) is 5.26 Å². The highest BCUT2D eigenvalue weighted by molar-refractivity contribution is 5.35. The van der Waals surface area contributed by atoms with Crippen LogP contribution in [0.25, 0.3) is 0 Å². The third kappa shape index (κ3) is 1.86. The van der Waals surface area contributed by atoms with Crippen LogP contribution in [0.15, 0.2) is 42.0 Å². The number of hydrogen-bond acceptors (Lipinski definition) is 1. The Kier molecular flexibility index (Phi) is 2.96. The summed E-state index contributed by atoms with van der Waals surface area (Å²) in [5, 5.41) is 9.56. The Balaban J connectivity index is 1.76. The van der Waals surface area contributed by atoms with Gasteiger partial charge in [-0.2, -0.15) is 5.26 Å². The zero-order chi connectivity index (χ0) is 12.4. The van der Waals surface area contributed by atoms with Gasteiger partial charge in [0.15, 0.2) is 0 Å². The van der Waals surface area contributed by atoms with Gasteiger partial charge in [-0.3, -0.25) is 0 Å². The predicted molar refractivity (Wildman–Crippen MR) is 73.0 cm³/mol. The van der Waals surface area contributed by atoms with Crippen LogP contribution in [0.1, 0.15) is 50.0 Å². The first kappa shape index (κ1) is 11.5. The fourth-order valence-electron chi connectivity index (χ4n) is 3.44. The summed E-state index contributed by atoms with van der Waals surface area (Å²) in [5.41, 5.74) is 2.71. The molecule has 0 unspecified atom stereocenters. The average Bonchev–Trinajstić information content (AvgIpc) is 2.41. The second-order valence-corrected chi connectivity index (χ2v) is 5.68. The van der Waals surface area contributed by atoms with Crippen molar-refractivity contribution in [1.82, 2.24) is 0 Å². The lowest BCUT2D eigenvalue weighted by Crippen LogP contribution is -2.36. The maximum Gasteiger partial charge on any atom is 0.0794 e. The van der Waals surface area contributed by atoms with Crippen LogP contribution in [-0.4, -0.2) is 0 Å². The topological polar surface area (TPSA) is 23.8 Å². The van der Waals surface area contributed by atoms with Crippen molar-refractivity contribution in [3.05, 3.63) is 47.5 Å². The normalized spacial score (nSPS) is 31.1.